The summed E-state index contributed by atoms with van der Waals surface area (Å²) in [5.74, 6) is 0.124. The van der Waals surface area contributed by atoms with Gasteiger partial charge in [-0.3, -0.25) is 4.79 Å². The maximum absolute atomic E-state index is 11.7. The van der Waals surface area contributed by atoms with Crippen molar-refractivity contribution in [3.63, 3.8) is 0 Å². The van der Waals surface area contributed by atoms with E-state index in [9.17, 15) is 4.79 Å². The summed E-state index contributed by atoms with van der Waals surface area (Å²) in [4.78, 5) is 21.3. The average molecular weight is 258 g/mol. The lowest BCUT2D eigenvalue weighted by molar-refractivity contribution is 0.0760. The molecule has 0 spiro atoms. The van der Waals surface area contributed by atoms with Crippen molar-refractivity contribution in [2.24, 2.45) is 0 Å². The van der Waals surface area contributed by atoms with E-state index in [1.54, 1.807) is 17.3 Å². The lowest BCUT2D eigenvalue weighted by atomic mass is 10.4. The fraction of sp³-hybridized carbons (Fsp3) is 0.444. The highest BCUT2D eigenvalue weighted by atomic mass is 79.9. The van der Waals surface area contributed by atoms with Gasteiger partial charge in [-0.05, 0) is 29.8 Å². The molecule has 5 heteroatoms. The molecule has 0 aromatic carbocycles. The van der Waals surface area contributed by atoms with Gasteiger partial charge in [0.25, 0.3) is 5.91 Å². The van der Waals surface area contributed by atoms with Crippen LogP contribution in [0.1, 0.15) is 24.5 Å². The maximum atomic E-state index is 11.7. The summed E-state index contributed by atoms with van der Waals surface area (Å²) >= 11 is 3.22. The molecule has 0 atom stereocenters. The van der Waals surface area contributed by atoms with Crippen molar-refractivity contribution >= 4 is 21.8 Å². The zero-order valence-corrected chi connectivity index (χ0v) is 9.78. The lowest BCUT2D eigenvalue weighted by Gasteiger charge is -2.16. The Morgan fingerprint density at radius 1 is 1.36 bits per heavy atom. The van der Waals surface area contributed by atoms with E-state index in [1.807, 2.05) is 13.8 Å². The van der Waals surface area contributed by atoms with Crippen LogP contribution in [0.5, 0.6) is 0 Å². The van der Waals surface area contributed by atoms with E-state index in [1.165, 1.54) is 0 Å². The molecule has 0 radical (unpaired) electrons. The Labute approximate surface area is 91.5 Å². The summed E-state index contributed by atoms with van der Waals surface area (Å²) in [6.07, 6.45) is 3.15. The second kappa shape index (κ2) is 5.05. The Balaban J connectivity index is 2.83. The third kappa shape index (κ3) is 2.51. The SMILES string of the molecule is CCN(CC)C(=O)c1ncc(Br)cn1. The largest absolute Gasteiger partial charge is 0.336 e. The Kier molecular flexibility index (Phi) is 4.00. The highest BCUT2D eigenvalue weighted by molar-refractivity contribution is 9.10. The predicted molar refractivity (Wildman–Crippen MR) is 57.0 cm³/mol. The van der Waals surface area contributed by atoms with Crippen LogP contribution in [0.25, 0.3) is 0 Å². The number of amides is 1. The third-order valence-electron chi connectivity index (χ3n) is 1.86. The Hall–Kier alpha value is -0.970. The van der Waals surface area contributed by atoms with E-state index in [4.69, 9.17) is 0 Å². The molecule has 0 saturated carbocycles. The molecule has 4 nitrogen and oxygen atoms in total. The molecule has 76 valence electrons. The molecular formula is C9H12BrN3O. The number of hydrogen-bond donors (Lipinski definition) is 0. The first-order valence-electron chi connectivity index (χ1n) is 4.45. The van der Waals surface area contributed by atoms with E-state index in [-0.39, 0.29) is 11.7 Å². The number of hydrogen-bond acceptors (Lipinski definition) is 3. The van der Waals surface area contributed by atoms with E-state index in [0.717, 1.165) is 4.47 Å². The predicted octanol–water partition coefficient (Wildman–Crippen LogP) is 1.72. The van der Waals surface area contributed by atoms with Gasteiger partial charge in [-0.25, -0.2) is 9.97 Å². The number of rotatable bonds is 3. The first-order chi connectivity index (χ1) is 6.69. The molecule has 1 aromatic heterocycles. The van der Waals surface area contributed by atoms with Crippen LogP contribution in [0.3, 0.4) is 0 Å². The van der Waals surface area contributed by atoms with Crippen molar-refractivity contribution in [1.29, 1.82) is 0 Å². The molecular weight excluding hydrogens is 246 g/mol. The number of carbonyl (C=O) groups excluding carboxylic acids is 1. The topological polar surface area (TPSA) is 46.1 Å². The highest BCUT2D eigenvalue weighted by Crippen LogP contribution is 2.05. The fourth-order valence-electron chi connectivity index (χ4n) is 1.07. The maximum Gasteiger partial charge on any atom is 0.291 e. The summed E-state index contributed by atoms with van der Waals surface area (Å²) in [7, 11) is 0. The second-order valence-electron chi connectivity index (χ2n) is 2.70. The van der Waals surface area contributed by atoms with Crippen molar-refractivity contribution in [2.45, 2.75) is 13.8 Å². The number of halogens is 1. The van der Waals surface area contributed by atoms with Crippen LogP contribution in [-0.4, -0.2) is 33.9 Å². The standard InChI is InChI=1S/C9H12BrN3O/c1-3-13(4-2)9(14)8-11-5-7(10)6-12-8/h5-6H,3-4H2,1-2H3. The third-order valence-corrected chi connectivity index (χ3v) is 2.27. The molecule has 0 bridgehead atoms. The van der Waals surface area contributed by atoms with Crippen LogP contribution in [-0.2, 0) is 0 Å². The van der Waals surface area contributed by atoms with Gasteiger partial charge in [-0.2, -0.15) is 0 Å². The van der Waals surface area contributed by atoms with Crippen LogP contribution in [0.2, 0.25) is 0 Å². The van der Waals surface area contributed by atoms with Crippen molar-refractivity contribution < 1.29 is 4.79 Å². The van der Waals surface area contributed by atoms with Gasteiger partial charge in [0.1, 0.15) is 0 Å². The zero-order chi connectivity index (χ0) is 10.6. The zero-order valence-electron chi connectivity index (χ0n) is 8.20. The molecule has 0 saturated heterocycles. The molecule has 1 aromatic rings. The summed E-state index contributed by atoms with van der Waals surface area (Å²) in [6, 6.07) is 0. The Bertz CT molecular complexity index is 308. The molecule has 0 aliphatic carbocycles. The molecule has 0 N–H and O–H groups in total. The van der Waals surface area contributed by atoms with Gasteiger partial charge in [-0.1, -0.05) is 0 Å². The van der Waals surface area contributed by atoms with Gasteiger partial charge in [0, 0.05) is 25.5 Å². The van der Waals surface area contributed by atoms with Crippen LogP contribution < -0.4 is 0 Å². The molecule has 0 unspecified atom stereocenters. The molecule has 1 amide bonds. The smallest absolute Gasteiger partial charge is 0.291 e. The normalized spacial score (nSPS) is 9.93. The van der Waals surface area contributed by atoms with Crippen molar-refractivity contribution in [2.75, 3.05) is 13.1 Å². The van der Waals surface area contributed by atoms with E-state index in [0.29, 0.717) is 13.1 Å². The second-order valence-corrected chi connectivity index (χ2v) is 3.62. The molecule has 14 heavy (non-hydrogen) atoms. The minimum atomic E-state index is -0.123. The lowest BCUT2D eigenvalue weighted by Crippen LogP contribution is -2.31. The minimum absolute atomic E-state index is 0.123. The molecule has 1 rings (SSSR count). The van der Waals surface area contributed by atoms with Crippen LogP contribution in [0.15, 0.2) is 16.9 Å². The monoisotopic (exact) mass is 257 g/mol. The van der Waals surface area contributed by atoms with Gasteiger partial charge >= 0.3 is 0 Å². The molecule has 0 fully saturated rings. The summed E-state index contributed by atoms with van der Waals surface area (Å²) in [5.41, 5.74) is 0. The highest BCUT2D eigenvalue weighted by Gasteiger charge is 2.14. The summed E-state index contributed by atoms with van der Waals surface area (Å²) in [5, 5.41) is 0. The summed E-state index contributed by atoms with van der Waals surface area (Å²) < 4.78 is 0.772. The van der Waals surface area contributed by atoms with E-state index < -0.39 is 0 Å². The quantitative estimate of drug-likeness (QED) is 0.829. The van der Waals surface area contributed by atoms with Gasteiger partial charge in [0.2, 0.25) is 5.82 Å². The van der Waals surface area contributed by atoms with Crippen LogP contribution >= 0.6 is 15.9 Å². The van der Waals surface area contributed by atoms with Crippen molar-refractivity contribution in [1.82, 2.24) is 14.9 Å². The average Bonchev–Trinajstić information content (AvgIpc) is 2.20. The van der Waals surface area contributed by atoms with Gasteiger partial charge < -0.3 is 4.90 Å². The molecule has 0 aliphatic rings. The number of aromatic nitrogens is 2. The van der Waals surface area contributed by atoms with E-state index in [2.05, 4.69) is 25.9 Å². The van der Waals surface area contributed by atoms with Gasteiger partial charge in [0.05, 0.1) is 4.47 Å². The van der Waals surface area contributed by atoms with Crippen LogP contribution in [0, 0.1) is 0 Å². The first-order valence-corrected chi connectivity index (χ1v) is 5.25. The number of carbonyl (C=O) groups is 1. The van der Waals surface area contributed by atoms with Gasteiger partial charge in [0.15, 0.2) is 0 Å². The van der Waals surface area contributed by atoms with Crippen molar-refractivity contribution in [3.05, 3.63) is 22.7 Å². The van der Waals surface area contributed by atoms with Crippen LogP contribution in [0.4, 0.5) is 0 Å². The fourth-order valence-corrected chi connectivity index (χ4v) is 1.28. The summed E-state index contributed by atoms with van der Waals surface area (Å²) in [6.45, 7) is 5.21. The first kappa shape index (κ1) is 11.1. The molecule has 1 heterocycles. The van der Waals surface area contributed by atoms with Gasteiger partial charge in [-0.15, -0.1) is 0 Å². The molecule has 0 aliphatic heterocycles. The Morgan fingerprint density at radius 2 is 1.86 bits per heavy atom. The minimum Gasteiger partial charge on any atom is -0.336 e. The number of nitrogens with zero attached hydrogens (tertiary/aromatic N) is 3. The van der Waals surface area contributed by atoms with Crippen molar-refractivity contribution in [3.8, 4) is 0 Å². The van der Waals surface area contributed by atoms with E-state index >= 15 is 0 Å². The Morgan fingerprint density at radius 3 is 2.29 bits per heavy atom.